The number of para-hydroxylation sites is 1. The van der Waals surface area contributed by atoms with Crippen LogP contribution in [-0.4, -0.2) is 24.2 Å². The van der Waals surface area contributed by atoms with Crippen molar-refractivity contribution in [2.45, 2.75) is 0 Å². The number of nitrogens with zero attached hydrogens (tertiary/aromatic N) is 1. The topological polar surface area (TPSA) is 64.2 Å². The Hall–Kier alpha value is -1.82. The number of halogens is 1. The maximum absolute atomic E-state index is 11.6. The van der Waals surface area contributed by atoms with Gasteiger partial charge in [0, 0.05) is 6.20 Å². The number of hydrogen-bond donors (Lipinski definition) is 1. The summed E-state index contributed by atoms with van der Waals surface area (Å²) in [6.45, 7) is 0. The van der Waals surface area contributed by atoms with E-state index in [-0.39, 0.29) is 5.56 Å². The van der Waals surface area contributed by atoms with Gasteiger partial charge in [0.05, 0.1) is 19.8 Å². The highest BCUT2D eigenvalue weighted by Gasteiger charge is 2.13. The second-order valence-electron chi connectivity index (χ2n) is 3.45. The smallest absolute Gasteiger partial charge is 0.265 e. The highest BCUT2D eigenvalue weighted by Crippen LogP contribution is 2.35. The van der Waals surface area contributed by atoms with Crippen molar-refractivity contribution in [1.82, 2.24) is 9.97 Å². The summed E-state index contributed by atoms with van der Waals surface area (Å²) in [5.41, 5.74) is 0.423. The SMILES string of the molecule is COc1cccc(-c2ncc(Br)c(=O)[nH]2)c1OC. The van der Waals surface area contributed by atoms with E-state index < -0.39 is 0 Å². The third-order valence-corrected chi connectivity index (χ3v) is 2.98. The molecule has 2 aromatic rings. The highest BCUT2D eigenvalue weighted by molar-refractivity contribution is 9.10. The van der Waals surface area contributed by atoms with E-state index in [1.54, 1.807) is 25.3 Å². The number of H-pyrrole nitrogens is 1. The van der Waals surface area contributed by atoms with E-state index in [1.165, 1.54) is 13.3 Å². The van der Waals surface area contributed by atoms with Gasteiger partial charge in [-0.05, 0) is 28.1 Å². The van der Waals surface area contributed by atoms with Crippen LogP contribution in [0.4, 0.5) is 0 Å². The molecule has 0 aliphatic rings. The molecule has 0 radical (unpaired) electrons. The Morgan fingerprint density at radius 2 is 2.06 bits per heavy atom. The minimum absolute atomic E-state index is 0.245. The monoisotopic (exact) mass is 310 g/mol. The van der Waals surface area contributed by atoms with Crippen molar-refractivity contribution in [3.8, 4) is 22.9 Å². The molecule has 0 aliphatic heterocycles. The molecule has 6 heteroatoms. The third-order valence-electron chi connectivity index (χ3n) is 2.41. The molecule has 2 rings (SSSR count). The zero-order chi connectivity index (χ0) is 13.1. The molecule has 1 aromatic heterocycles. The van der Waals surface area contributed by atoms with Gasteiger partial charge in [0.15, 0.2) is 11.5 Å². The molecule has 0 atom stereocenters. The maximum Gasteiger partial charge on any atom is 0.265 e. The van der Waals surface area contributed by atoms with Crippen molar-refractivity contribution in [2.24, 2.45) is 0 Å². The molecule has 1 N–H and O–H groups in total. The predicted molar refractivity (Wildman–Crippen MR) is 71.1 cm³/mol. The second-order valence-corrected chi connectivity index (χ2v) is 4.30. The van der Waals surface area contributed by atoms with Crippen molar-refractivity contribution in [3.63, 3.8) is 0 Å². The van der Waals surface area contributed by atoms with Crippen LogP contribution in [0.25, 0.3) is 11.4 Å². The van der Waals surface area contributed by atoms with Crippen LogP contribution in [0, 0.1) is 0 Å². The molecule has 0 spiro atoms. The lowest BCUT2D eigenvalue weighted by molar-refractivity contribution is 0.356. The van der Waals surface area contributed by atoms with Gasteiger partial charge in [-0.2, -0.15) is 0 Å². The molecule has 5 nitrogen and oxygen atoms in total. The lowest BCUT2D eigenvalue weighted by Gasteiger charge is -2.11. The van der Waals surface area contributed by atoms with Crippen LogP contribution in [0.2, 0.25) is 0 Å². The fourth-order valence-corrected chi connectivity index (χ4v) is 1.79. The van der Waals surface area contributed by atoms with Crippen LogP contribution in [0.1, 0.15) is 0 Å². The number of nitrogens with one attached hydrogen (secondary N) is 1. The van der Waals surface area contributed by atoms with Crippen LogP contribution in [-0.2, 0) is 0 Å². The van der Waals surface area contributed by atoms with Gasteiger partial charge in [0.1, 0.15) is 10.3 Å². The quantitative estimate of drug-likeness (QED) is 0.944. The maximum atomic E-state index is 11.6. The molecule has 0 unspecified atom stereocenters. The van der Waals surface area contributed by atoms with Crippen LogP contribution < -0.4 is 15.0 Å². The lowest BCUT2D eigenvalue weighted by atomic mass is 10.1. The predicted octanol–water partition coefficient (Wildman–Crippen LogP) is 2.22. The molecule has 0 aliphatic carbocycles. The summed E-state index contributed by atoms with van der Waals surface area (Å²) < 4.78 is 10.9. The Morgan fingerprint density at radius 1 is 1.28 bits per heavy atom. The molecule has 0 saturated carbocycles. The Bertz CT molecular complexity index is 625. The van der Waals surface area contributed by atoms with E-state index in [9.17, 15) is 4.79 Å². The Kier molecular flexibility index (Phi) is 3.66. The number of rotatable bonds is 3. The number of aromatic amines is 1. The molecule has 0 saturated heterocycles. The molecule has 0 bridgehead atoms. The molecule has 1 heterocycles. The summed E-state index contributed by atoms with van der Waals surface area (Å²) in [6, 6.07) is 5.38. The van der Waals surface area contributed by atoms with Crippen molar-refractivity contribution in [1.29, 1.82) is 0 Å². The summed E-state index contributed by atoms with van der Waals surface area (Å²) >= 11 is 3.10. The van der Waals surface area contributed by atoms with Gasteiger partial charge < -0.3 is 14.5 Å². The minimum Gasteiger partial charge on any atom is -0.493 e. The Balaban J connectivity index is 2.63. The van der Waals surface area contributed by atoms with E-state index in [0.29, 0.717) is 27.4 Å². The number of methoxy groups -OCH3 is 2. The summed E-state index contributed by atoms with van der Waals surface area (Å²) in [5.74, 6) is 1.55. The summed E-state index contributed by atoms with van der Waals surface area (Å²) in [5, 5.41) is 0. The molecule has 18 heavy (non-hydrogen) atoms. The summed E-state index contributed by atoms with van der Waals surface area (Å²) in [7, 11) is 3.09. The van der Waals surface area contributed by atoms with Gasteiger partial charge in [0.2, 0.25) is 0 Å². The van der Waals surface area contributed by atoms with Gasteiger partial charge in [-0.15, -0.1) is 0 Å². The minimum atomic E-state index is -0.245. The average molecular weight is 311 g/mol. The van der Waals surface area contributed by atoms with Gasteiger partial charge >= 0.3 is 0 Å². The van der Waals surface area contributed by atoms with E-state index in [4.69, 9.17) is 9.47 Å². The first-order valence-corrected chi connectivity index (χ1v) is 5.93. The highest BCUT2D eigenvalue weighted by atomic mass is 79.9. The normalized spacial score (nSPS) is 10.2. The van der Waals surface area contributed by atoms with Gasteiger partial charge in [0.25, 0.3) is 5.56 Å². The standard InChI is InChI=1S/C12H11BrN2O3/c1-17-9-5-3-4-7(10(9)18-2)11-14-6-8(13)12(16)15-11/h3-6H,1-2H3,(H,14,15,16). The second kappa shape index (κ2) is 5.22. The Labute approximate surface area is 112 Å². The van der Waals surface area contributed by atoms with Crippen LogP contribution in [0.5, 0.6) is 11.5 Å². The lowest BCUT2D eigenvalue weighted by Crippen LogP contribution is -2.09. The number of benzene rings is 1. The van der Waals surface area contributed by atoms with Crippen LogP contribution in [0.15, 0.2) is 33.7 Å². The molecule has 1 aromatic carbocycles. The zero-order valence-corrected chi connectivity index (χ0v) is 11.4. The summed E-state index contributed by atoms with van der Waals surface area (Å²) in [6.07, 6.45) is 1.45. The Morgan fingerprint density at radius 3 is 2.67 bits per heavy atom. The average Bonchev–Trinajstić information content (AvgIpc) is 2.40. The van der Waals surface area contributed by atoms with Crippen molar-refractivity contribution >= 4 is 15.9 Å². The van der Waals surface area contributed by atoms with Crippen LogP contribution in [0.3, 0.4) is 0 Å². The number of aromatic nitrogens is 2. The third kappa shape index (κ3) is 2.24. The van der Waals surface area contributed by atoms with E-state index in [1.807, 2.05) is 0 Å². The van der Waals surface area contributed by atoms with Crippen molar-refractivity contribution < 1.29 is 9.47 Å². The van der Waals surface area contributed by atoms with Crippen LogP contribution >= 0.6 is 15.9 Å². The van der Waals surface area contributed by atoms with Gasteiger partial charge in [-0.1, -0.05) is 6.07 Å². The van der Waals surface area contributed by atoms with Gasteiger partial charge in [-0.3, -0.25) is 4.79 Å². The molecule has 0 fully saturated rings. The largest absolute Gasteiger partial charge is 0.493 e. The van der Waals surface area contributed by atoms with Crippen molar-refractivity contribution in [3.05, 3.63) is 39.2 Å². The molecule has 94 valence electrons. The fourth-order valence-electron chi connectivity index (χ4n) is 1.59. The fraction of sp³-hybridized carbons (Fsp3) is 0.167. The zero-order valence-electron chi connectivity index (χ0n) is 9.86. The van der Waals surface area contributed by atoms with E-state index in [0.717, 1.165) is 0 Å². The molecular weight excluding hydrogens is 300 g/mol. The first-order chi connectivity index (χ1) is 8.67. The van der Waals surface area contributed by atoms with Crippen molar-refractivity contribution in [2.75, 3.05) is 14.2 Å². The first kappa shape index (κ1) is 12.6. The van der Waals surface area contributed by atoms with E-state index >= 15 is 0 Å². The van der Waals surface area contributed by atoms with Gasteiger partial charge in [-0.25, -0.2) is 4.98 Å². The molecule has 0 amide bonds. The molecular formula is C12H11BrN2O3. The van der Waals surface area contributed by atoms with E-state index in [2.05, 4.69) is 25.9 Å². The summed E-state index contributed by atoms with van der Waals surface area (Å²) in [4.78, 5) is 18.4. The first-order valence-electron chi connectivity index (χ1n) is 5.13. The number of ether oxygens (including phenoxy) is 2. The number of hydrogen-bond acceptors (Lipinski definition) is 4.